The SMILES string of the molecule is C=C1CCCCCN1CCCN=C(N=CN)C(Cl)=CNc1cn(C2CCNCC2)nc1C. The molecule has 2 saturated heterocycles. The van der Waals surface area contributed by atoms with Crippen LogP contribution < -0.4 is 16.4 Å². The molecule has 9 heteroatoms. The lowest BCUT2D eigenvalue weighted by Crippen LogP contribution is -2.29. The van der Waals surface area contributed by atoms with Gasteiger partial charge in [-0.2, -0.15) is 5.10 Å². The Balaban J connectivity index is 1.56. The number of aliphatic imine (C=N–C) groups is 2. The number of nitrogens with two attached hydrogens (primary N) is 1. The number of piperidine rings is 1. The number of halogens is 1. The van der Waals surface area contributed by atoms with E-state index in [4.69, 9.17) is 17.3 Å². The predicted molar refractivity (Wildman–Crippen MR) is 134 cm³/mol. The average Bonchev–Trinajstić information content (AvgIpc) is 3.05. The van der Waals surface area contributed by atoms with E-state index in [9.17, 15) is 0 Å². The Morgan fingerprint density at radius 1 is 1.38 bits per heavy atom. The number of aromatic nitrogens is 2. The third-order valence-corrected chi connectivity index (χ3v) is 6.33. The van der Waals surface area contributed by atoms with Gasteiger partial charge in [0.05, 0.1) is 23.8 Å². The smallest absolute Gasteiger partial charge is 0.169 e. The molecule has 3 rings (SSSR count). The number of likely N-dealkylation sites (tertiary alicyclic amines) is 1. The lowest BCUT2D eigenvalue weighted by Gasteiger charge is -2.24. The van der Waals surface area contributed by atoms with Crippen molar-refractivity contribution >= 4 is 29.5 Å². The molecule has 2 aliphatic rings. The van der Waals surface area contributed by atoms with Crippen LogP contribution in [-0.2, 0) is 0 Å². The van der Waals surface area contributed by atoms with Gasteiger partial charge in [0.1, 0.15) is 5.03 Å². The van der Waals surface area contributed by atoms with Crippen molar-refractivity contribution in [2.75, 3.05) is 38.0 Å². The maximum absolute atomic E-state index is 6.49. The molecule has 176 valence electrons. The Labute approximate surface area is 196 Å². The van der Waals surface area contributed by atoms with Gasteiger partial charge in [0.25, 0.3) is 0 Å². The molecular formula is C23H37ClN8. The van der Waals surface area contributed by atoms with Crippen LogP contribution in [0.5, 0.6) is 0 Å². The van der Waals surface area contributed by atoms with Crippen molar-refractivity contribution in [2.24, 2.45) is 15.7 Å². The summed E-state index contributed by atoms with van der Waals surface area (Å²) >= 11 is 6.49. The first kappa shape index (κ1) is 24.3. The number of rotatable bonds is 8. The van der Waals surface area contributed by atoms with Crippen LogP contribution in [0, 0.1) is 6.92 Å². The molecule has 2 aliphatic heterocycles. The van der Waals surface area contributed by atoms with Gasteiger partial charge in [-0.3, -0.25) is 9.67 Å². The molecule has 0 aromatic carbocycles. The van der Waals surface area contributed by atoms with E-state index in [2.05, 4.69) is 41.9 Å². The fourth-order valence-corrected chi connectivity index (χ4v) is 4.34. The van der Waals surface area contributed by atoms with E-state index in [0.717, 1.165) is 63.2 Å². The third-order valence-electron chi connectivity index (χ3n) is 6.05. The second-order valence-corrected chi connectivity index (χ2v) is 8.83. The molecule has 0 radical (unpaired) electrons. The van der Waals surface area contributed by atoms with Gasteiger partial charge in [-0.1, -0.05) is 24.6 Å². The number of anilines is 1. The standard InChI is InChI=1S/C23H37ClN8/c1-18-7-4-3-5-13-31(18)14-6-10-27-23(29-17-25)21(24)15-28-22-16-32(30-19(22)2)20-8-11-26-12-9-20/h15-17,20,26,28H,1,3-14H2,2H3,(H2,25,27,29). The fourth-order valence-electron chi connectivity index (χ4n) is 4.18. The molecule has 4 N–H and O–H groups in total. The van der Waals surface area contributed by atoms with Crippen LogP contribution in [-0.4, -0.2) is 59.6 Å². The average molecular weight is 461 g/mol. The zero-order valence-electron chi connectivity index (χ0n) is 19.2. The van der Waals surface area contributed by atoms with Gasteiger partial charge in [0.15, 0.2) is 5.84 Å². The van der Waals surface area contributed by atoms with Gasteiger partial charge in [0, 0.05) is 37.7 Å². The third kappa shape index (κ3) is 7.10. The summed E-state index contributed by atoms with van der Waals surface area (Å²) in [5, 5.41) is 11.7. The maximum atomic E-state index is 6.49. The summed E-state index contributed by atoms with van der Waals surface area (Å²) in [5.41, 5.74) is 8.63. The first-order valence-corrected chi connectivity index (χ1v) is 12.1. The lowest BCUT2D eigenvalue weighted by atomic mass is 10.1. The normalized spacial score (nSPS) is 19.6. The zero-order chi connectivity index (χ0) is 22.8. The van der Waals surface area contributed by atoms with E-state index in [-0.39, 0.29) is 0 Å². The van der Waals surface area contributed by atoms with E-state index in [1.165, 1.54) is 31.3 Å². The van der Waals surface area contributed by atoms with Crippen molar-refractivity contribution in [1.29, 1.82) is 0 Å². The Kier molecular flexibility index (Phi) is 9.62. The Morgan fingerprint density at radius 2 is 2.19 bits per heavy atom. The number of nitrogens with zero attached hydrogens (tertiary/aromatic N) is 5. The van der Waals surface area contributed by atoms with Crippen molar-refractivity contribution in [3.05, 3.63) is 35.4 Å². The first-order valence-electron chi connectivity index (χ1n) is 11.7. The van der Waals surface area contributed by atoms with Crippen LogP contribution in [0.4, 0.5) is 5.69 Å². The molecule has 3 heterocycles. The monoisotopic (exact) mass is 460 g/mol. The number of hydrogen-bond acceptors (Lipinski definition) is 5. The Hall–Kier alpha value is -2.32. The molecule has 8 nitrogen and oxygen atoms in total. The van der Waals surface area contributed by atoms with Gasteiger partial charge in [-0.05, 0) is 58.5 Å². The topological polar surface area (TPSA) is 95.9 Å². The van der Waals surface area contributed by atoms with Gasteiger partial charge in [-0.15, -0.1) is 0 Å². The van der Waals surface area contributed by atoms with Crippen LogP contribution in [0.15, 0.2) is 39.7 Å². The fraction of sp³-hybridized carbons (Fsp3) is 0.609. The molecule has 0 aliphatic carbocycles. The van der Waals surface area contributed by atoms with Crippen LogP contribution >= 0.6 is 11.6 Å². The molecule has 0 unspecified atom stereocenters. The van der Waals surface area contributed by atoms with Crippen LogP contribution in [0.25, 0.3) is 0 Å². The Bertz CT molecular complexity index is 835. The molecule has 2 fully saturated rings. The van der Waals surface area contributed by atoms with E-state index < -0.39 is 0 Å². The Morgan fingerprint density at radius 3 is 2.97 bits per heavy atom. The van der Waals surface area contributed by atoms with Crippen molar-refractivity contribution in [1.82, 2.24) is 20.0 Å². The summed E-state index contributed by atoms with van der Waals surface area (Å²) in [7, 11) is 0. The number of amidine groups is 1. The number of nitrogens with one attached hydrogen (secondary N) is 2. The number of allylic oxidation sites excluding steroid dienone is 1. The number of hydrogen-bond donors (Lipinski definition) is 3. The summed E-state index contributed by atoms with van der Waals surface area (Å²) < 4.78 is 2.06. The predicted octanol–water partition coefficient (Wildman–Crippen LogP) is 3.77. The van der Waals surface area contributed by atoms with Crippen LogP contribution in [0.1, 0.15) is 56.7 Å². The van der Waals surface area contributed by atoms with E-state index in [1.807, 2.05) is 13.1 Å². The molecule has 1 aromatic rings. The van der Waals surface area contributed by atoms with Crippen LogP contribution in [0.3, 0.4) is 0 Å². The first-order chi connectivity index (χ1) is 15.6. The van der Waals surface area contributed by atoms with E-state index in [0.29, 0.717) is 23.5 Å². The van der Waals surface area contributed by atoms with Gasteiger partial charge in [-0.25, -0.2) is 4.99 Å². The van der Waals surface area contributed by atoms with Gasteiger partial charge >= 0.3 is 0 Å². The molecule has 32 heavy (non-hydrogen) atoms. The minimum Gasteiger partial charge on any atom is -0.390 e. The van der Waals surface area contributed by atoms with Crippen LogP contribution in [0.2, 0.25) is 0 Å². The molecular weight excluding hydrogens is 424 g/mol. The summed E-state index contributed by atoms with van der Waals surface area (Å²) in [5.74, 6) is 0.430. The van der Waals surface area contributed by atoms with E-state index in [1.54, 1.807) is 6.20 Å². The van der Waals surface area contributed by atoms with Crippen molar-refractivity contribution in [3.8, 4) is 0 Å². The zero-order valence-corrected chi connectivity index (χ0v) is 19.9. The molecule has 1 aromatic heterocycles. The minimum atomic E-state index is 0.417. The summed E-state index contributed by atoms with van der Waals surface area (Å²) in [6.45, 7) is 10.9. The summed E-state index contributed by atoms with van der Waals surface area (Å²) in [6, 6.07) is 0.434. The molecule has 0 amide bonds. The molecule has 0 atom stereocenters. The van der Waals surface area contributed by atoms with Gasteiger partial charge in [0.2, 0.25) is 0 Å². The van der Waals surface area contributed by atoms with Crippen molar-refractivity contribution in [3.63, 3.8) is 0 Å². The molecule has 0 spiro atoms. The largest absolute Gasteiger partial charge is 0.390 e. The van der Waals surface area contributed by atoms with Crippen molar-refractivity contribution < 1.29 is 0 Å². The van der Waals surface area contributed by atoms with Gasteiger partial charge < -0.3 is 21.3 Å². The number of aryl methyl sites for hydroxylation is 1. The van der Waals surface area contributed by atoms with E-state index >= 15 is 0 Å². The minimum absolute atomic E-state index is 0.417. The second kappa shape index (κ2) is 12.6. The highest BCUT2D eigenvalue weighted by Gasteiger charge is 2.17. The lowest BCUT2D eigenvalue weighted by molar-refractivity contribution is 0.342. The second-order valence-electron chi connectivity index (χ2n) is 8.43. The molecule has 0 saturated carbocycles. The highest BCUT2D eigenvalue weighted by molar-refractivity contribution is 6.43. The highest BCUT2D eigenvalue weighted by Crippen LogP contribution is 2.23. The quantitative estimate of drug-likeness (QED) is 0.311. The molecule has 0 bridgehead atoms. The van der Waals surface area contributed by atoms with Crippen molar-refractivity contribution in [2.45, 2.75) is 57.9 Å². The maximum Gasteiger partial charge on any atom is 0.169 e. The highest BCUT2D eigenvalue weighted by atomic mass is 35.5. The summed E-state index contributed by atoms with van der Waals surface area (Å²) in [4.78, 5) is 11.1. The summed E-state index contributed by atoms with van der Waals surface area (Å²) in [6.07, 6.45) is 12.9.